The molecule has 0 spiro atoms. The van der Waals surface area contributed by atoms with E-state index in [2.05, 4.69) is 0 Å². The summed E-state index contributed by atoms with van der Waals surface area (Å²) in [5, 5.41) is 8.98. The van der Waals surface area contributed by atoms with Crippen LogP contribution in [0.5, 0.6) is 0 Å². The van der Waals surface area contributed by atoms with Gasteiger partial charge in [-0.15, -0.1) is 0 Å². The van der Waals surface area contributed by atoms with Gasteiger partial charge in [0.2, 0.25) is 5.91 Å². The van der Waals surface area contributed by atoms with E-state index in [1.54, 1.807) is 17.0 Å². The van der Waals surface area contributed by atoms with Crippen molar-refractivity contribution in [2.45, 2.75) is 33.4 Å². The van der Waals surface area contributed by atoms with Crippen LogP contribution in [0.1, 0.15) is 36.7 Å². The summed E-state index contributed by atoms with van der Waals surface area (Å²) in [5.74, 6) is -1.10. The van der Waals surface area contributed by atoms with E-state index in [0.717, 1.165) is 5.56 Å². The number of nitrogens with zero attached hydrogens (tertiary/aromatic N) is 1. The smallest absolute Gasteiger partial charge is 0.337 e. The fourth-order valence-corrected chi connectivity index (χ4v) is 1.74. The summed E-state index contributed by atoms with van der Waals surface area (Å²) in [7, 11) is 0. The number of carbonyl (C=O) groups is 2. The third-order valence-electron chi connectivity index (χ3n) is 2.73. The molecule has 0 atom stereocenters. The number of benzene rings is 1. The average Bonchev–Trinajstić information content (AvgIpc) is 2.26. The highest BCUT2D eigenvalue weighted by atomic mass is 16.4. The molecule has 0 aliphatic heterocycles. The van der Waals surface area contributed by atoms with E-state index in [1.807, 2.05) is 13.8 Å². The standard InChI is InChI=1S/C13H18N2O3/c1-8(2)15(9(3)16)7-10-4-5-12(14)11(6-10)13(17)18/h4-6,8H,7,14H2,1-3H3,(H,17,18). The minimum absolute atomic E-state index is 0.0429. The van der Waals surface area contributed by atoms with Crippen molar-refractivity contribution in [2.75, 3.05) is 5.73 Å². The van der Waals surface area contributed by atoms with Crippen molar-refractivity contribution in [3.8, 4) is 0 Å². The van der Waals surface area contributed by atoms with E-state index in [4.69, 9.17) is 10.8 Å². The van der Waals surface area contributed by atoms with Gasteiger partial charge in [0.05, 0.1) is 5.56 Å². The van der Waals surface area contributed by atoms with Crippen LogP contribution in [-0.2, 0) is 11.3 Å². The van der Waals surface area contributed by atoms with Gasteiger partial charge in [-0.3, -0.25) is 4.79 Å². The molecule has 0 aromatic heterocycles. The number of carboxylic acid groups (broad SMARTS) is 1. The van der Waals surface area contributed by atoms with Crippen molar-refractivity contribution in [3.05, 3.63) is 29.3 Å². The van der Waals surface area contributed by atoms with Gasteiger partial charge in [-0.25, -0.2) is 4.79 Å². The number of carbonyl (C=O) groups excluding carboxylic acids is 1. The van der Waals surface area contributed by atoms with Crippen molar-refractivity contribution in [2.24, 2.45) is 0 Å². The summed E-state index contributed by atoms with van der Waals surface area (Å²) in [6, 6.07) is 4.86. The molecule has 1 aromatic carbocycles. The largest absolute Gasteiger partial charge is 0.478 e. The molecule has 5 heteroatoms. The third-order valence-corrected chi connectivity index (χ3v) is 2.73. The Morgan fingerprint density at radius 3 is 2.44 bits per heavy atom. The Morgan fingerprint density at radius 2 is 2.00 bits per heavy atom. The fourth-order valence-electron chi connectivity index (χ4n) is 1.74. The summed E-state index contributed by atoms with van der Waals surface area (Å²) < 4.78 is 0. The molecule has 0 aliphatic rings. The van der Waals surface area contributed by atoms with Gasteiger partial charge in [0.15, 0.2) is 0 Å². The number of amides is 1. The maximum Gasteiger partial charge on any atom is 0.337 e. The number of aromatic carboxylic acids is 1. The summed E-state index contributed by atoms with van der Waals surface area (Å²) in [5.41, 5.74) is 6.63. The van der Waals surface area contributed by atoms with E-state index < -0.39 is 5.97 Å². The van der Waals surface area contributed by atoms with E-state index >= 15 is 0 Å². The SMILES string of the molecule is CC(=O)N(Cc1ccc(N)c(C(=O)O)c1)C(C)C. The van der Waals surface area contributed by atoms with Gasteiger partial charge in [-0.1, -0.05) is 6.07 Å². The summed E-state index contributed by atoms with van der Waals surface area (Å²) in [6.45, 7) is 5.70. The molecule has 0 unspecified atom stereocenters. The van der Waals surface area contributed by atoms with Gasteiger partial charge in [0, 0.05) is 25.2 Å². The normalized spacial score (nSPS) is 10.4. The number of carboxylic acids is 1. The van der Waals surface area contributed by atoms with Crippen molar-refractivity contribution < 1.29 is 14.7 Å². The van der Waals surface area contributed by atoms with Crippen LogP contribution in [0.15, 0.2) is 18.2 Å². The quantitative estimate of drug-likeness (QED) is 0.797. The molecule has 0 aliphatic carbocycles. The Hall–Kier alpha value is -2.04. The first-order chi connectivity index (χ1) is 8.32. The van der Waals surface area contributed by atoms with E-state index in [-0.39, 0.29) is 23.2 Å². The van der Waals surface area contributed by atoms with Gasteiger partial charge in [-0.2, -0.15) is 0 Å². The predicted octanol–water partition coefficient (Wildman–Crippen LogP) is 1.72. The topological polar surface area (TPSA) is 83.6 Å². The zero-order valence-electron chi connectivity index (χ0n) is 10.8. The average molecular weight is 250 g/mol. The van der Waals surface area contributed by atoms with Crippen LogP contribution in [0.4, 0.5) is 5.69 Å². The van der Waals surface area contributed by atoms with Crippen LogP contribution in [0.3, 0.4) is 0 Å². The van der Waals surface area contributed by atoms with E-state index in [1.165, 1.54) is 13.0 Å². The first kappa shape index (κ1) is 14.0. The van der Waals surface area contributed by atoms with Gasteiger partial charge in [0.25, 0.3) is 0 Å². The molecule has 5 nitrogen and oxygen atoms in total. The van der Waals surface area contributed by atoms with Gasteiger partial charge in [0.1, 0.15) is 0 Å². The predicted molar refractivity (Wildman–Crippen MR) is 69.2 cm³/mol. The zero-order valence-corrected chi connectivity index (χ0v) is 10.8. The lowest BCUT2D eigenvalue weighted by atomic mass is 10.1. The Kier molecular flexibility index (Phi) is 4.31. The maximum atomic E-state index is 11.5. The molecule has 1 rings (SSSR count). The van der Waals surface area contributed by atoms with Crippen LogP contribution >= 0.6 is 0 Å². The minimum atomic E-state index is -1.06. The first-order valence-corrected chi connectivity index (χ1v) is 5.71. The Bertz CT molecular complexity index is 469. The second-order valence-corrected chi connectivity index (χ2v) is 4.47. The first-order valence-electron chi connectivity index (χ1n) is 5.71. The van der Waals surface area contributed by atoms with Gasteiger partial charge < -0.3 is 15.7 Å². The highest BCUT2D eigenvalue weighted by Crippen LogP contribution is 2.16. The molecule has 0 radical (unpaired) electrons. The van der Waals surface area contributed by atoms with Crippen molar-refractivity contribution in [3.63, 3.8) is 0 Å². The molecule has 98 valence electrons. The Morgan fingerprint density at radius 1 is 1.39 bits per heavy atom. The van der Waals surface area contributed by atoms with Crippen LogP contribution in [0.2, 0.25) is 0 Å². The molecule has 1 amide bonds. The highest BCUT2D eigenvalue weighted by Gasteiger charge is 2.15. The fraction of sp³-hybridized carbons (Fsp3) is 0.385. The second kappa shape index (κ2) is 5.53. The van der Waals surface area contributed by atoms with Crippen molar-refractivity contribution >= 4 is 17.6 Å². The van der Waals surface area contributed by atoms with Crippen LogP contribution < -0.4 is 5.73 Å². The number of anilines is 1. The lowest BCUT2D eigenvalue weighted by Crippen LogP contribution is -2.34. The number of rotatable bonds is 4. The number of hydrogen-bond donors (Lipinski definition) is 2. The van der Waals surface area contributed by atoms with Crippen molar-refractivity contribution in [1.82, 2.24) is 4.90 Å². The minimum Gasteiger partial charge on any atom is -0.478 e. The monoisotopic (exact) mass is 250 g/mol. The Labute approximate surface area is 106 Å². The molecule has 0 bridgehead atoms. The van der Waals surface area contributed by atoms with E-state index in [9.17, 15) is 9.59 Å². The zero-order chi connectivity index (χ0) is 13.9. The Balaban J connectivity index is 3.01. The highest BCUT2D eigenvalue weighted by molar-refractivity contribution is 5.93. The number of nitrogen functional groups attached to an aromatic ring is 1. The number of nitrogens with two attached hydrogens (primary N) is 1. The molecule has 0 fully saturated rings. The molecular formula is C13H18N2O3. The van der Waals surface area contributed by atoms with Gasteiger partial charge in [-0.05, 0) is 31.5 Å². The molecular weight excluding hydrogens is 232 g/mol. The summed E-state index contributed by atoms with van der Waals surface area (Å²) in [4.78, 5) is 24.1. The molecule has 1 aromatic rings. The van der Waals surface area contributed by atoms with Crippen LogP contribution in [0.25, 0.3) is 0 Å². The van der Waals surface area contributed by atoms with Crippen molar-refractivity contribution in [1.29, 1.82) is 0 Å². The molecule has 3 N–H and O–H groups in total. The van der Waals surface area contributed by atoms with Crippen LogP contribution in [0, 0.1) is 0 Å². The summed E-state index contributed by atoms with van der Waals surface area (Å²) >= 11 is 0. The number of hydrogen-bond acceptors (Lipinski definition) is 3. The second-order valence-electron chi connectivity index (χ2n) is 4.47. The maximum absolute atomic E-state index is 11.5. The molecule has 0 saturated heterocycles. The molecule has 18 heavy (non-hydrogen) atoms. The van der Waals surface area contributed by atoms with Gasteiger partial charge >= 0.3 is 5.97 Å². The van der Waals surface area contributed by atoms with Crippen LogP contribution in [-0.4, -0.2) is 27.9 Å². The lowest BCUT2D eigenvalue weighted by molar-refractivity contribution is -0.131. The summed E-state index contributed by atoms with van der Waals surface area (Å²) in [6.07, 6.45) is 0. The lowest BCUT2D eigenvalue weighted by Gasteiger charge is -2.25. The third kappa shape index (κ3) is 3.23. The van der Waals surface area contributed by atoms with E-state index in [0.29, 0.717) is 6.54 Å². The molecule has 0 saturated carbocycles. The molecule has 0 heterocycles.